The summed E-state index contributed by atoms with van der Waals surface area (Å²) >= 11 is 0. The van der Waals surface area contributed by atoms with E-state index in [1.807, 2.05) is 4.90 Å². The zero-order chi connectivity index (χ0) is 21.1. The normalized spacial score (nSPS) is 14.7. The van der Waals surface area contributed by atoms with Crippen molar-refractivity contribution in [2.45, 2.75) is 12.6 Å². The molecule has 3 heterocycles. The standard InChI is InChI=1S/C19H16F3N5O3/c20-19(21,22)18-25-17(26-30-18)13-3-1-12(2-4-13)9-15(28)14-10-23-11-16(24-14)27-5-7-29-8-6-27/h1-4,10-11H,5-9H2. The first-order chi connectivity index (χ1) is 14.4. The largest absolute Gasteiger partial charge is 0.471 e. The Hall–Kier alpha value is -3.34. The molecule has 0 atom stereocenters. The minimum absolute atomic E-state index is 0.0710. The van der Waals surface area contributed by atoms with Gasteiger partial charge in [-0.25, -0.2) is 4.98 Å². The van der Waals surface area contributed by atoms with Crippen LogP contribution in [-0.2, 0) is 17.3 Å². The number of carbonyl (C=O) groups excluding carboxylic acids is 1. The van der Waals surface area contributed by atoms with Crippen LogP contribution in [0.1, 0.15) is 21.9 Å². The van der Waals surface area contributed by atoms with Gasteiger partial charge in [-0.3, -0.25) is 9.78 Å². The van der Waals surface area contributed by atoms with E-state index in [4.69, 9.17) is 4.74 Å². The van der Waals surface area contributed by atoms with Crippen molar-refractivity contribution >= 4 is 11.6 Å². The predicted molar refractivity (Wildman–Crippen MR) is 97.8 cm³/mol. The molecule has 0 amide bonds. The molecule has 0 radical (unpaired) electrons. The maximum Gasteiger partial charge on any atom is 0.471 e. The SMILES string of the molecule is O=C(Cc1ccc(-c2noc(C(F)(F)F)n2)cc1)c1cncc(N2CCOCC2)n1. The molecule has 1 aliphatic rings. The van der Waals surface area contributed by atoms with Crippen LogP contribution in [0.25, 0.3) is 11.4 Å². The number of ketones is 1. The number of morpholine rings is 1. The van der Waals surface area contributed by atoms with Crippen LogP contribution in [-0.4, -0.2) is 52.2 Å². The van der Waals surface area contributed by atoms with Crippen molar-refractivity contribution in [1.82, 2.24) is 20.1 Å². The average molecular weight is 419 g/mol. The van der Waals surface area contributed by atoms with E-state index in [0.29, 0.717) is 43.2 Å². The number of alkyl halides is 3. The number of ether oxygens (including phenoxy) is 1. The molecule has 0 aliphatic carbocycles. The summed E-state index contributed by atoms with van der Waals surface area (Å²) in [5.74, 6) is -1.18. The minimum atomic E-state index is -4.70. The van der Waals surface area contributed by atoms with Gasteiger partial charge in [-0.05, 0) is 5.56 Å². The lowest BCUT2D eigenvalue weighted by molar-refractivity contribution is -0.159. The van der Waals surface area contributed by atoms with Gasteiger partial charge in [-0.2, -0.15) is 18.2 Å². The van der Waals surface area contributed by atoms with E-state index in [1.54, 1.807) is 18.3 Å². The van der Waals surface area contributed by atoms with Crippen molar-refractivity contribution in [3.63, 3.8) is 0 Å². The Morgan fingerprint density at radius 1 is 1.07 bits per heavy atom. The quantitative estimate of drug-likeness (QED) is 0.583. The lowest BCUT2D eigenvalue weighted by Gasteiger charge is -2.27. The van der Waals surface area contributed by atoms with Gasteiger partial charge in [0.2, 0.25) is 5.82 Å². The molecule has 0 spiro atoms. The highest BCUT2D eigenvalue weighted by molar-refractivity contribution is 5.95. The second kappa shape index (κ2) is 8.19. The van der Waals surface area contributed by atoms with Gasteiger partial charge in [0.25, 0.3) is 0 Å². The third-order valence-electron chi connectivity index (χ3n) is 4.49. The molecule has 4 rings (SSSR count). The third-order valence-corrected chi connectivity index (χ3v) is 4.49. The second-order valence-corrected chi connectivity index (χ2v) is 6.58. The van der Waals surface area contributed by atoms with Crippen molar-refractivity contribution in [1.29, 1.82) is 0 Å². The molecular weight excluding hydrogens is 403 g/mol. The minimum Gasteiger partial charge on any atom is -0.378 e. The maximum atomic E-state index is 12.6. The van der Waals surface area contributed by atoms with Crippen molar-refractivity contribution in [2.24, 2.45) is 0 Å². The fourth-order valence-corrected chi connectivity index (χ4v) is 2.94. The van der Waals surface area contributed by atoms with Crippen LogP contribution in [0.5, 0.6) is 0 Å². The molecule has 0 saturated carbocycles. The molecular formula is C19H16F3N5O3. The van der Waals surface area contributed by atoms with E-state index in [0.717, 1.165) is 0 Å². The summed E-state index contributed by atoms with van der Waals surface area (Å²) in [5, 5.41) is 3.34. The highest BCUT2D eigenvalue weighted by atomic mass is 19.4. The summed E-state index contributed by atoms with van der Waals surface area (Å²) in [6.45, 7) is 2.55. The fourth-order valence-electron chi connectivity index (χ4n) is 2.94. The molecule has 3 aromatic rings. The van der Waals surface area contributed by atoms with Gasteiger partial charge in [-0.15, -0.1) is 0 Å². The first kappa shape index (κ1) is 20.0. The van der Waals surface area contributed by atoms with Gasteiger partial charge < -0.3 is 14.2 Å². The van der Waals surface area contributed by atoms with Crippen LogP contribution < -0.4 is 4.90 Å². The third kappa shape index (κ3) is 4.46. The highest BCUT2D eigenvalue weighted by Gasteiger charge is 2.38. The zero-order valence-electron chi connectivity index (χ0n) is 15.6. The Kier molecular flexibility index (Phi) is 5.44. The van der Waals surface area contributed by atoms with Crippen LogP contribution in [0.15, 0.2) is 41.2 Å². The predicted octanol–water partition coefficient (Wildman–Crippen LogP) is 2.81. The van der Waals surface area contributed by atoms with E-state index in [-0.39, 0.29) is 23.7 Å². The Morgan fingerprint density at radius 3 is 2.47 bits per heavy atom. The number of benzene rings is 1. The van der Waals surface area contributed by atoms with E-state index in [1.165, 1.54) is 18.3 Å². The second-order valence-electron chi connectivity index (χ2n) is 6.58. The summed E-state index contributed by atoms with van der Waals surface area (Å²) in [6, 6.07) is 6.30. The molecule has 1 aliphatic heterocycles. The summed E-state index contributed by atoms with van der Waals surface area (Å²) < 4.78 is 47.3. The maximum absolute atomic E-state index is 12.6. The first-order valence-corrected chi connectivity index (χ1v) is 9.08. The Bertz CT molecular complexity index is 1030. The lowest BCUT2D eigenvalue weighted by Crippen LogP contribution is -2.37. The average Bonchev–Trinajstić information content (AvgIpc) is 3.26. The highest BCUT2D eigenvalue weighted by Crippen LogP contribution is 2.29. The molecule has 1 fully saturated rings. The van der Waals surface area contributed by atoms with Gasteiger partial charge in [0, 0.05) is 25.1 Å². The molecule has 30 heavy (non-hydrogen) atoms. The van der Waals surface area contributed by atoms with Crippen molar-refractivity contribution in [3.05, 3.63) is 53.8 Å². The van der Waals surface area contributed by atoms with Crippen LogP contribution >= 0.6 is 0 Å². The lowest BCUT2D eigenvalue weighted by atomic mass is 10.1. The number of aromatic nitrogens is 4. The van der Waals surface area contributed by atoms with E-state index < -0.39 is 12.1 Å². The van der Waals surface area contributed by atoms with Gasteiger partial charge in [0.05, 0.1) is 25.6 Å². The number of Topliss-reactive ketones (excluding diaryl/α,β-unsaturated/α-hetero) is 1. The van der Waals surface area contributed by atoms with E-state index >= 15 is 0 Å². The van der Waals surface area contributed by atoms with Gasteiger partial charge in [0.1, 0.15) is 11.5 Å². The molecule has 2 aromatic heterocycles. The van der Waals surface area contributed by atoms with Crippen LogP contribution in [0, 0.1) is 0 Å². The number of rotatable bonds is 5. The first-order valence-electron chi connectivity index (χ1n) is 9.08. The van der Waals surface area contributed by atoms with Crippen molar-refractivity contribution in [2.75, 3.05) is 31.2 Å². The molecule has 11 heteroatoms. The summed E-state index contributed by atoms with van der Waals surface area (Å²) in [6.07, 6.45) is -1.61. The van der Waals surface area contributed by atoms with Gasteiger partial charge in [-0.1, -0.05) is 29.4 Å². The fraction of sp³-hybridized carbons (Fsp3) is 0.316. The molecule has 0 N–H and O–H groups in total. The molecule has 8 nitrogen and oxygen atoms in total. The zero-order valence-corrected chi connectivity index (χ0v) is 15.6. The summed E-state index contributed by atoms with van der Waals surface area (Å²) in [5.41, 5.74) is 1.26. The van der Waals surface area contributed by atoms with Crippen LogP contribution in [0.2, 0.25) is 0 Å². The van der Waals surface area contributed by atoms with Crippen molar-refractivity contribution < 1.29 is 27.2 Å². The Labute approximate surface area is 168 Å². The van der Waals surface area contributed by atoms with Gasteiger partial charge in [0.15, 0.2) is 5.78 Å². The number of anilines is 1. The van der Waals surface area contributed by atoms with E-state index in [9.17, 15) is 18.0 Å². The Balaban J connectivity index is 1.44. The summed E-state index contributed by atoms with van der Waals surface area (Å²) in [4.78, 5) is 26.5. The number of halogens is 3. The van der Waals surface area contributed by atoms with Crippen LogP contribution in [0.4, 0.5) is 19.0 Å². The topological polar surface area (TPSA) is 94.2 Å². The molecule has 0 unspecified atom stereocenters. The van der Waals surface area contributed by atoms with E-state index in [2.05, 4.69) is 24.6 Å². The number of carbonyl (C=O) groups is 1. The van der Waals surface area contributed by atoms with Crippen molar-refractivity contribution in [3.8, 4) is 11.4 Å². The molecule has 1 saturated heterocycles. The summed E-state index contributed by atoms with van der Waals surface area (Å²) in [7, 11) is 0. The molecule has 0 bridgehead atoms. The number of hydrogen-bond acceptors (Lipinski definition) is 8. The Morgan fingerprint density at radius 2 is 1.80 bits per heavy atom. The monoisotopic (exact) mass is 419 g/mol. The number of hydrogen-bond donors (Lipinski definition) is 0. The molecule has 156 valence electrons. The van der Waals surface area contributed by atoms with Gasteiger partial charge >= 0.3 is 12.1 Å². The molecule has 1 aromatic carbocycles. The number of nitrogens with zero attached hydrogens (tertiary/aromatic N) is 5. The van der Waals surface area contributed by atoms with Crippen LogP contribution in [0.3, 0.4) is 0 Å². The smallest absolute Gasteiger partial charge is 0.378 e.